The third-order valence-corrected chi connectivity index (χ3v) is 4.50. The number of hydrogen-bond acceptors (Lipinski definition) is 3. The minimum Gasteiger partial charge on any atom is -0.383 e. The van der Waals surface area contributed by atoms with Crippen LogP contribution < -0.4 is 5.32 Å². The van der Waals surface area contributed by atoms with Crippen molar-refractivity contribution in [3.05, 3.63) is 0 Å². The highest BCUT2D eigenvalue weighted by Gasteiger charge is 2.34. The molecule has 0 radical (unpaired) electrons. The molecule has 0 amide bonds. The van der Waals surface area contributed by atoms with Gasteiger partial charge in [0, 0.05) is 26.7 Å². The Kier molecular flexibility index (Phi) is 7.20. The zero-order valence-electron chi connectivity index (χ0n) is 12.8. The fourth-order valence-corrected chi connectivity index (χ4v) is 3.18. The normalized spacial score (nSPS) is 28.8. The number of methoxy groups -OCH3 is 1. The molecule has 0 aliphatic heterocycles. The first-order chi connectivity index (χ1) is 8.65. The summed E-state index contributed by atoms with van der Waals surface area (Å²) in [5.41, 5.74) is 0.491. The van der Waals surface area contributed by atoms with Crippen LogP contribution >= 0.6 is 0 Å². The SMILES string of the molecule is CCN(CCOC)CC1(CNC)CCC(C)CC1. The van der Waals surface area contributed by atoms with Gasteiger partial charge in [-0.05, 0) is 37.8 Å². The van der Waals surface area contributed by atoms with E-state index >= 15 is 0 Å². The molecular formula is C15H32N2O. The largest absolute Gasteiger partial charge is 0.383 e. The van der Waals surface area contributed by atoms with E-state index in [9.17, 15) is 0 Å². The van der Waals surface area contributed by atoms with Crippen LogP contribution in [0.5, 0.6) is 0 Å². The number of nitrogens with zero attached hydrogens (tertiary/aromatic N) is 1. The van der Waals surface area contributed by atoms with Crippen LogP contribution in [0.15, 0.2) is 0 Å². The van der Waals surface area contributed by atoms with Crippen molar-refractivity contribution in [2.24, 2.45) is 11.3 Å². The summed E-state index contributed by atoms with van der Waals surface area (Å²) in [5.74, 6) is 0.920. The van der Waals surface area contributed by atoms with Gasteiger partial charge in [-0.25, -0.2) is 0 Å². The molecule has 1 saturated carbocycles. The average Bonchev–Trinajstić information content (AvgIpc) is 2.38. The van der Waals surface area contributed by atoms with Crippen molar-refractivity contribution in [1.29, 1.82) is 0 Å². The number of ether oxygens (including phenoxy) is 1. The predicted octanol–water partition coefficient (Wildman–Crippen LogP) is 2.37. The van der Waals surface area contributed by atoms with Crippen LogP contribution in [-0.2, 0) is 4.74 Å². The third kappa shape index (κ3) is 4.87. The van der Waals surface area contributed by atoms with Gasteiger partial charge in [-0.15, -0.1) is 0 Å². The molecule has 0 spiro atoms. The van der Waals surface area contributed by atoms with E-state index < -0.39 is 0 Å². The van der Waals surface area contributed by atoms with Crippen LogP contribution in [0.25, 0.3) is 0 Å². The van der Waals surface area contributed by atoms with Crippen LogP contribution in [0, 0.1) is 11.3 Å². The van der Waals surface area contributed by atoms with Gasteiger partial charge in [0.05, 0.1) is 6.61 Å². The van der Waals surface area contributed by atoms with Gasteiger partial charge in [-0.3, -0.25) is 0 Å². The van der Waals surface area contributed by atoms with Crippen molar-refractivity contribution < 1.29 is 4.74 Å². The topological polar surface area (TPSA) is 24.5 Å². The van der Waals surface area contributed by atoms with Crippen molar-refractivity contribution in [3.63, 3.8) is 0 Å². The second kappa shape index (κ2) is 8.13. The maximum absolute atomic E-state index is 5.22. The van der Waals surface area contributed by atoms with Crippen LogP contribution in [0.1, 0.15) is 39.5 Å². The lowest BCUT2D eigenvalue weighted by molar-refractivity contribution is 0.0725. The Labute approximate surface area is 113 Å². The predicted molar refractivity (Wildman–Crippen MR) is 78.0 cm³/mol. The highest BCUT2D eigenvalue weighted by Crippen LogP contribution is 2.39. The minimum atomic E-state index is 0.491. The number of rotatable bonds is 8. The Bertz CT molecular complexity index is 213. The Hall–Kier alpha value is -0.120. The van der Waals surface area contributed by atoms with E-state index in [0.29, 0.717) is 5.41 Å². The summed E-state index contributed by atoms with van der Waals surface area (Å²) in [6, 6.07) is 0. The zero-order chi connectivity index (χ0) is 13.4. The molecule has 0 heterocycles. The third-order valence-electron chi connectivity index (χ3n) is 4.50. The molecule has 0 atom stereocenters. The van der Waals surface area contributed by atoms with Crippen molar-refractivity contribution in [2.45, 2.75) is 39.5 Å². The molecule has 1 aliphatic carbocycles. The summed E-state index contributed by atoms with van der Waals surface area (Å²) >= 11 is 0. The summed E-state index contributed by atoms with van der Waals surface area (Å²) in [4.78, 5) is 2.55. The van der Waals surface area contributed by atoms with Gasteiger partial charge in [0.25, 0.3) is 0 Å². The van der Waals surface area contributed by atoms with E-state index in [1.54, 1.807) is 7.11 Å². The van der Waals surface area contributed by atoms with Gasteiger partial charge in [-0.1, -0.05) is 26.7 Å². The molecule has 0 bridgehead atoms. The molecule has 0 saturated heterocycles. The van der Waals surface area contributed by atoms with Gasteiger partial charge in [0.15, 0.2) is 0 Å². The molecule has 108 valence electrons. The first-order valence-electron chi connectivity index (χ1n) is 7.51. The molecule has 18 heavy (non-hydrogen) atoms. The van der Waals surface area contributed by atoms with E-state index in [2.05, 4.69) is 31.1 Å². The van der Waals surface area contributed by atoms with E-state index in [1.165, 1.54) is 32.2 Å². The summed E-state index contributed by atoms with van der Waals surface area (Å²) in [5, 5.41) is 3.42. The smallest absolute Gasteiger partial charge is 0.0589 e. The van der Waals surface area contributed by atoms with Crippen LogP contribution in [0.4, 0.5) is 0 Å². The molecule has 0 aromatic heterocycles. The van der Waals surface area contributed by atoms with Crippen molar-refractivity contribution in [2.75, 3.05) is 46.9 Å². The highest BCUT2D eigenvalue weighted by molar-refractivity contribution is 4.89. The summed E-state index contributed by atoms with van der Waals surface area (Å²) in [6.07, 6.45) is 5.53. The average molecular weight is 256 g/mol. The van der Waals surface area contributed by atoms with Crippen LogP contribution in [0.3, 0.4) is 0 Å². The molecule has 1 aliphatic rings. The Morgan fingerprint density at radius 2 is 2.00 bits per heavy atom. The van der Waals surface area contributed by atoms with Crippen molar-refractivity contribution in [3.8, 4) is 0 Å². The Balaban J connectivity index is 2.54. The maximum atomic E-state index is 5.22. The summed E-state index contributed by atoms with van der Waals surface area (Å²) < 4.78 is 5.22. The van der Waals surface area contributed by atoms with Gasteiger partial charge in [0.2, 0.25) is 0 Å². The second-order valence-electron chi connectivity index (χ2n) is 6.07. The van der Waals surface area contributed by atoms with Gasteiger partial charge in [0.1, 0.15) is 0 Å². The second-order valence-corrected chi connectivity index (χ2v) is 6.07. The lowest BCUT2D eigenvalue weighted by Crippen LogP contribution is -2.46. The van der Waals surface area contributed by atoms with Crippen LogP contribution in [-0.4, -0.2) is 51.8 Å². The summed E-state index contributed by atoms with van der Waals surface area (Å²) in [6.45, 7) is 10.1. The van der Waals surface area contributed by atoms with E-state index in [0.717, 1.165) is 32.2 Å². The fourth-order valence-electron chi connectivity index (χ4n) is 3.18. The Morgan fingerprint density at radius 3 is 2.50 bits per heavy atom. The highest BCUT2D eigenvalue weighted by atomic mass is 16.5. The van der Waals surface area contributed by atoms with E-state index in [-0.39, 0.29) is 0 Å². The fraction of sp³-hybridized carbons (Fsp3) is 1.00. The minimum absolute atomic E-state index is 0.491. The lowest BCUT2D eigenvalue weighted by Gasteiger charge is -2.42. The molecule has 1 rings (SSSR count). The molecule has 0 unspecified atom stereocenters. The zero-order valence-corrected chi connectivity index (χ0v) is 12.8. The quantitative estimate of drug-likeness (QED) is 0.721. The first kappa shape index (κ1) is 15.9. The molecule has 3 heteroatoms. The van der Waals surface area contributed by atoms with Gasteiger partial charge in [-0.2, -0.15) is 0 Å². The first-order valence-corrected chi connectivity index (χ1v) is 7.51. The van der Waals surface area contributed by atoms with E-state index in [1.807, 2.05) is 0 Å². The van der Waals surface area contributed by atoms with Crippen molar-refractivity contribution in [1.82, 2.24) is 10.2 Å². The van der Waals surface area contributed by atoms with Crippen molar-refractivity contribution >= 4 is 0 Å². The summed E-state index contributed by atoms with van der Waals surface area (Å²) in [7, 11) is 3.88. The molecule has 1 N–H and O–H groups in total. The van der Waals surface area contributed by atoms with Crippen LogP contribution in [0.2, 0.25) is 0 Å². The van der Waals surface area contributed by atoms with E-state index in [4.69, 9.17) is 4.74 Å². The molecule has 0 aromatic rings. The standard InChI is InChI=1S/C15H32N2O/c1-5-17(10-11-18-4)13-15(12-16-3)8-6-14(2)7-9-15/h14,16H,5-13H2,1-4H3. The number of nitrogens with one attached hydrogen (secondary N) is 1. The monoisotopic (exact) mass is 256 g/mol. The number of hydrogen-bond donors (Lipinski definition) is 1. The molecule has 0 aromatic carbocycles. The van der Waals surface area contributed by atoms with Gasteiger partial charge < -0.3 is 15.0 Å². The lowest BCUT2D eigenvalue weighted by atomic mass is 9.70. The van der Waals surface area contributed by atoms with Gasteiger partial charge >= 0.3 is 0 Å². The molecular weight excluding hydrogens is 224 g/mol. The molecule has 1 fully saturated rings. The Morgan fingerprint density at radius 1 is 1.33 bits per heavy atom. The number of likely N-dealkylation sites (N-methyl/N-ethyl adjacent to an activating group) is 1. The maximum Gasteiger partial charge on any atom is 0.0589 e. The molecule has 3 nitrogen and oxygen atoms in total.